The maximum Gasteiger partial charge on any atom is 0.310 e. The van der Waals surface area contributed by atoms with Crippen LogP contribution >= 0.6 is 0 Å². The monoisotopic (exact) mass is 253 g/mol. The Kier molecular flexibility index (Phi) is 3.66. The second-order valence-corrected chi connectivity index (χ2v) is 4.34. The summed E-state index contributed by atoms with van der Waals surface area (Å²) in [6.45, 7) is 1.80. The Morgan fingerprint density at radius 1 is 1.67 bits per heavy atom. The fourth-order valence-corrected chi connectivity index (χ4v) is 2.08. The maximum absolute atomic E-state index is 11.4. The number of carbonyl (C=O) groups is 1. The van der Waals surface area contributed by atoms with Gasteiger partial charge in [0.05, 0.1) is 19.6 Å². The van der Waals surface area contributed by atoms with Crippen LogP contribution in [0.4, 0.5) is 0 Å². The summed E-state index contributed by atoms with van der Waals surface area (Å²) >= 11 is 0. The minimum Gasteiger partial charge on any atom is -0.502 e. The molecular weight excluding hydrogens is 238 g/mol. The first-order chi connectivity index (χ1) is 8.60. The largest absolute Gasteiger partial charge is 0.502 e. The predicted octanol–water partition coefficient (Wildman–Crippen LogP) is 0.340. The first-order valence-electron chi connectivity index (χ1n) is 5.71. The maximum atomic E-state index is 11.4. The number of ether oxygens (including phenoxy) is 1. The molecular formula is C12H15NO5. The normalized spacial score (nSPS) is 19.9. The van der Waals surface area contributed by atoms with Gasteiger partial charge in [0, 0.05) is 12.6 Å². The summed E-state index contributed by atoms with van der Waals surface area (Å²) in [4.78, 5) is 24.6. The molecule has 1 aliphatic heterocycles. The van der Waals surface area contributed by atoms with Gasteiger partial charge in [0.1, 0.15) is 12.0 Å². The quantitative estimate of drug-likeness (QED) is 0.782. The van der Waals surface area contributed by atoms with Gasteiger partial charge in [-0.25, -0.2) is 0 Å². The van der Waals surface area contributed by atoms with Crippen LogP contribution in [0.15, 0.2) is 21.5 Å². The third-order valence-corrected chi connectivity index (χ3v) is 3.05. The molecule has 0 amide bonds. The van der Waals surface area contributed by atoms with E-state index < -0.39 is 11.2 Å². The summed E-state index contributed by atoms with van der Waals surface area (Å²) < 4.78 is 9.81. The molecule has 18 heavy (non-hydrogen) atoms. The number of methoxy groups -OCH3 is 1. The van der Waals surface area contributed by atoms with Crippen LogP contribution < -0.4 is 5.43 Å². The SMILES string of the molecule is COC(=O)C1CCN(Cc2cc(=O)c(O)co2)C1. The second-order valence-electron chi connectivity index (χ2n) is 4.34. The lowest BCUT2D eigenvalue weighted by molar-refractivity contribution is -0.144. The molecule has 1 unspecified atom stereocenters. The van der Waals surface area contributed by atoms with E-state index in [0.717, 1.165) is 19.2 Å². The Morgan fingerprint density at radius 3 is 3.11 bits per heavy atom. The zero-order chi connectivity index (χ0) is 13.1. The van der Waals surface area contributed by atoms with Gasteiger partial charge in [0.2, 0.25) is 5.43 Å². The van der Waals surface area contributed by atoms with Gasteiger partial charge >= 0.3 is 5.97 Å². The third-order valence-electron chi connectivity index (χ3n) is 3.05. The molecule has 2 heterocycles. The molecule has 0 spiro atoms. The van der Waals surface area contributed by atoms with Crippen molar-refractivity contribution in [3.8, 4) is 5.75 Å². The van der Waals surface area contributed by atoms with Crippen LogP contribution in [0.1, 0.15) is 12.2 Å². The zero-order valence-electron chi connectivity index (χ0n) is 10.1. The number of hydrogen-bond donors (Lipinski definition) is 1. The lowest BCUT2D eigenvalue weighted by Crippen LogP contribution is -2.24. The van der Waals surface area contributed by atoms with E-state index in [0.29, 0.717) is 18.8 Å². The first-order valence-corrected chi connectivity index (χ1v) is 5.71. The van der Waals surface area contributed by atoms with Crippen molar-refractivity contribution in [1.82, 2.24) is 4.90 Å². The highest BCUT2D eigenvalue weighted by Gasteiger charge is 2.29. The zero-order valence-corrected chi connectivity index (χ0v) is 10.1. The van der Waals surface area contributed by atoms with Crippen molar-refractivity contribution < 1.29 is 19.1 Å². The van der Waals surface area contributed by atoms with Gasteiger partial charge in [-0.2, -0.15) is 0 Å². The van der Waals surface area contributed by atoms with E-state index in [1.807, 2.05) is 4.90 Å². The molecule has 1 aliphatic rings. The van der Waals surface area contributed by atoms with E-state index in [1.165, 1.54) is 13.2 Å². The highest BCUT2D eigenvalue weighted by Crippen LogP contribution is 2.19. The molecule has 0 aliphatic carbocycles. The lowest BCUT2D eigenvalue weighted by Gasteiger charge is -2.14. The van der Waals surface area contributed by atoms with Crippen LogP contribution in [0, 0.1) is 5.92 Å². The van der Waals surface area contributed by atoms with Gasteiger partial charge in [0.15, 0.2) is 5.75 Å². The molecule has 1 fully saturated rings. The number of carbonyl (C=O) groups excluding carboxylic acids is 1. The number of aromatic hydroxyl groups is 1. The van der Waals surface area contributed by atoms with Crippen LogP contribution in [0.5, 0.6) is 5.75 Å². The fourth-order valence-electron chi connectivity index (χ4n) is 2.08. The van der Waals surface area contributed by atoms with Gasteiger partial charge in [-0.3, -0.25) is 14.5 Å². The number of rotatable bonds is 3. The molecule has 1 atom stereocenters. The predicted molar refractivity (Wildman–Crippen MR) is 62.0 cm³/mol. The van der Waals surface area contributed by atoms with Crippen molar-refractivity contribution in [3.63, 3.8) is 0 Å². The van der Waals surface area contributed by atoms with E-state index in [9.17, 15) is 9.59 Å². The Hall–Kier alpha value is -1.82. The number of esters is 1. The van der Waals surface area contributed by atoms with Gasteiger partial charge < -0.3 is 14.3 Å². The average molecular weight is 253 g/mol. The topological polar surface area (TPSA) is 80.0 Å². The van der Waals surface area contributed by atoms with Crippen LogP contribution in [0.2, 0.25) is 0 Å². The molecule has 1 aromatic heterocycles. The van der Waals surface area contributed by atoms with Crippen LogP contribution in [-0.2, 0) is 16.1 Å². The van der Waals surface area contributed by atoms with Crippen LogP contribution in [-0.4, -0.2) is 36.2 Å². The average Bonchev–Trinajstić information content (AvgIpc) is 2.81. The number of likely N-dealkylation sites (tertiary alicyclic amines) is 1. The summed E-state index contributed by atoms with van der Waals surface area (Å²) in [6.07, 6.45) is 1.78. The molecule has 0 bridgehead atoms. The fraction of sp³-hybridized carbons (Fsp3) is 0.500. The Labute approximate surface area is 104 Å². The smallest absolute Gasteiger partial charge is 0.310 e. The van der Waals surface area contributed by atoms with E-state index in [-0.39, 0.29) is 11.9 Å². The molecule has 2 rings (SSSR count). The summed E-state index contributed by atoms with van der Waals surface area (Å²) in [5.74, 6) is -0.237. The van der Waals surface area contributed by atoms with E-state index in [2.05, 4.69) is 0 Å². The van der Waals surface area contributed by atoms with Gasteiger partial charge in [0.25, 0.3) is 0 Å². The Morgan fingerprint density at radius 2 is 2.44 bits per heavy atom. The lowest BCUT2D eigenvalue weighted by atomic mass is 10.1. The Bertz CT molecular complexity index is 495. The van der Waals surface area contributed by atoms with Crippen molar-refractivity contribution >= 4 is 5.97 Å². The van der Waals surface area contributed by atoms with Gasteiger partial charge in [-0.05, 0) is 13.0 Å². The first kappa shape index (κ1) is 12.6. The van der Waals surface area contributed by atoms with E-state index in [4.69, 9.17) is 14.3 Å². The molecule has 0 aromatic carbocycles. The molecule has 1 saturated heterocycles. The highest BCUT2D eigenvalue weighted by molar-refractivity contribution is 5.72. The summed E-state index contributed by atoms with van der Waals surface area (Å²) in [5.41, 5.74) is -0.458. The summed E-state index contributed by atoms with van der Waals surface area (Å²) in [5, 5.41) is 9.07. The molecule has 6 heteroatoms. The van der Waals surface area contributed by atoms with E-state index in [1.54, 1.807) is 0 Å². The van der Waals surface area contributed by atoms with Crippen molar-refractivity contribution in [2.24, 2.45) is 5.92 Å². The van der Waals surface area contributed by atoms with Crippen molar-refractivity contribution in [3.05, 3.63) is 28.3 Å². The number of nitrogens with zero attached hydrogens (tertiary/aromatic N) is 1. The van der Waals surface area contributed by atoms with Crippen molar-refractivity contribution in [2.75, 3.05) is 20.2 Å². The van der Waals surface area contributed by atoms with E-state index >= 15 is 0 Å². The van der Waals surface area contributed by atoms with Crippen molar-refractivity contribution in [2.45, 2.75) is 13.0 Å². The molecule has 0 radical (unpaired) electrons. The highest BCUT2D eigenvalue weighted by atomic mass is 16.5. The minimum atomic E-state index is -0.458. The number of hydrogen-bond acceptors (Lipinski definition) is 6. The van der Waals surface area contributed by atoms with Crippen LogP contribution in [0.3, 0.4) is 0 Å². The molecule has 1 aromatic rings. The molecule has 0 saturated carbocycles. The third kappa shape index (κ3) is 2.70. The summed E-state index contributed by atoms with van der Waals surface area (Å²) in [6, 6.07) is 1.26. The van der Waals surface area contributed by atoms with Gasteiger partial charge in [-0.1, -0.05) is 0 Å². The molecule has 98 valence electrons. The minimum absolute atomic E-state index is 0.112. The summed E-state index contributed by atoms with van der Waals surface area (Å²) in [7, 11) is 1.38. The second kappa shape index (κ2) is 5.22. The molecule has 1 N–H and O–H groups in total. The van der Waals surface area contributed by atoms with Gasteiger partial charge in [-0.15, -0.1) is 0 Å². The van der Waals surface area contributed by atoms with Crippen LogP contribution in [0.25, 0.3) is 0 Å². The van der Waals surface area contributed by atoms with Crippen molar-refractivity contribution in [1.29, 1.82) is 0 Å². The standard InChI is InChI=1S/C12H15NO5/c1-17-12(16)8-2-3-13(5-8)6-9-4-10(14)11(15)7-18-9/h4,7-8,15H,2-3,5-6H2,1H3. The Balaban J connectivity index is 1.97. The molecule has 6 nitrogen and oxygen atoms in total.